The number of nitrogen functional groups attached to an aromatic ring is 1. The molecule has 3 aromatic rings. The van der Waals surface area contributed by atoms with Crippen molar-refractivity contribution in [1.82, 2.24) is 19.2 Å². The van der Waals surface area contributed by atoms with E-state index in [4.69, 9.17) is 5.73 Å². The summed E-state index contributed by atoms with van der Waals surface area (Å²) < 4.78 is 31.3. The van der Waals surface area contributed by atoms with Crippen LogP contribution in [0.4, 0.5) is 5.82 Å². The summed E-state index contributed by atoms with van der Waals surface area (Å²) in [4.78, 5) is 18.4. The average Bonchev–Trinajstić information content (AvgIpc) is 3.44. The molecule has 3 heterocycles. The summed E-state index contributed by atoms with van der Waals surface area (Å²) in [5, 5.41) is 10.9. The fraction of sp³-hybridized carbons (Fsp3) is 0.458. The molecule has 1 unspecified atom stereocenters. The number of sulfonamides is 1. The van der Waals surface area contributed by atoms with E-state index in [2.05, 4.69) is 9.71 Å². The number of aromatic nitrogens is 2. The van der Waals surface area contributed by atoms with E-state index in [-0.39, 0.29) is 23.1 Å². The Kier molecular flexibility index (Phi) is 6.75. The number of hydrogen-bond donors (Lipinski definition) is 4. The quantitative estimate of drug-likeness (QED) is 0.387. The van der Waals surface area contributed by atoms with Gasteiger partial charge in [0.15, 0.2) is 0 Å². The number of nitrogens with zero attached hydrogens (tertiary/aromatic N) is 2. The van der Waals surface area contributed by atoms with Gasteiger partial charge < -0.3 is 25.3 Å². The molecule has 1 amide bonds. The van der Waals surface area contributed by atoms with Crippen molar-refractivity contribution in [3.05, 3.63) is 48.8 Å². The highest BCUT2D eigenvalue weighted by Crippen LogP contribution is 2.28. The Morgan fingerprint density at radius 1 is 1.24 bits per heavy atom. The third-order valence-corrected chi connectivity index (χ3v) is 8.30. The van der Waals surface area contributed by atoms with Gasteiger partial charge in [0.2, 0.25) is 15.9 Å². The number of hydrogen-bond acceptors (Lipinski definition) is 5. The Balaban J connectivity index is 1.56. The van der Waals surface area contributed by atoms with Crippen LogP contribution in [0.5, 0.6) is 0 Å². The van der Waals surface area contributed by atoms with Crippen LogP contribution in [0.1, 0.15) is 33.1 Å². The number of likely N-dealkylation sites (tertiary alicyclic amines) is 1. The van der Waals surface area contributed by atoms with Crippen LogP contribution in [0.15, 0.2) is 53.7 Å². The van der Waals surface area contributed by atoms with E-state index in [1.54, 1.807) is 66.0 Å². The predicted molar refractivity (Wildman–Crippen MR) is 131 cm³/mol. The highest BCUT2D eigenvalue weighted by Gasteiger charge is 2.35. The number of nitrogens with two attached hydrogens (primary N) is 1. The lowest BCUT2D eigenvalue weighted by Gasteiger charge is -2.39. The number of rotatable bonds is 8. The van der Waals surface area contributed by atoms with Gasteiger partial charge in [-0.1, -0.05) is 6.07 Å². The van der Waals surface area contributed by atoms with Crippen molar-refractivity contribution in [2.24, 2.45) is 5.92 Å². The van der Waals surface area contributed by atoms with E-state index >= 15 is 0 Å². The molecule has 9 nitrogen and oxygen atoms in total. The number of aliphatic hydroxyl groups is 1. The molecule has 1 fully saturated rings. The molecular formula is C24H33N5O4S. The zero-order valence-electron chi connectivity index (χ0n) is 19.6. The molecule has 0 aliphatic carbocycles. The second-order valence-electron chi connectivity index (χ2n) is 9.54. The van der Waals surface area contributed by atoms with Gasteiger partial charge in [0.05, 0.1) is 10.5 Å². The van der Waals surface area contributed by atoms with Crippen LogP contribution in [0.2, 0.25) is 0 Å². The van der Waals surface area contributed by atoms with Crippen LogP contribution in [0, 0.1) is 5.92 Å². The summed E-state index contributed by atoms with van der Waals surface area (Å²) in [6.07, 6.45) is 5.09. The number of benzene rings is 1. The predicted octanol–water partition coefficient (Wildman–Crippen LogP) is 2.30. The molecule has 0 saturated carbocycles. The van der Waals surface area contributed by atoms with Crippen molar-refractivity contribution in [3.63, 3.8) is 0 Å². The molecule has 1 saturated heterocycles. The van der Waals surface area contributed by atoms with E-state index in [1.807, 2.05) is 6.07 Å². The van der Waals surface area contributed by atoms with Gasteiger partial charge in [0.1, 0.15) is 11.9 Å². The first kappa shape index (κ1) is 24.3. The summed E-state index contributed by atoms with van der Waals surface area (Å²) in [6, 6.07) is 9.35. The SMILES string of the molecule is CC(C)(O)C1CCN(C(=O)C(CCn2cccc2N)NS(=O)(=O)c2cccc3[nH]ccc23)CC1. The highest BCUT2D eigenvalue weighted by molar-refractivity contribution is 7.89. The first-order chi connectivity index (χ1) is 16.1. The number of fused-ring (bicyclic) bond motifs is 1. The van der Waals surface area contributed by atoms with Gasteiger partial charge >= 0.3 is 0 Å². The normalized spacial score (nSPS) is 16.7. The van der Waals surface area contributed by atoms with Gasteiger partial charge in [-0.25, -0.2) is 8.42 Å². The largest absolute Gasteiger partial charge is 0.390 e. The lowest BCUT2D eigenvalue weighted by atomic mass is 9.83. The highest BCUT2D eigenvalue weighted by atomic mass is 32.2. The molecule has 1 aromatic carbocycles. The van der Waals surface area contributed by atoms with Crippen molar-refractivity contribution < 1.29 is 18.3 Å². The van der Waals surface area contributed by atoms with Gasteiger partial charge in [-0.2, -0.15) is 4.72 Å². The summed E-state index contributed by atoms with van der Waals surface area (Å²) in [5.74, 6) is 0.388. The second kappa shape index (κ2) is 9.44. The molecule has 1 aliphatic rings. The molecule has 10 heteroatoms. The molecule has 0 spiro atoms. The molecule has 34 heavy (non-hydrogen) atoms. The first-order valence-electron chi connectivity index (χ1n) is 11.6. The lowest BCUT2D eigenvalue weighted by molar-refractivity contribution is -0.136. The Morgan fingerprint density at radius 2 is 1.97 bits per heavy atom. The van der Waals surface area contributed by atoms with Crippen LogP contribution >= 0.6 is 0 Å². The molecule has 5 N–H and O–H groups in total. The average molecular weight is 488 g/mol. The maximum Gasteiger partial charge on any atom is 0.241 e. The van der Waals surface area contributed by atoms with Gasteiger partial charge in [-0.15, -0.1) is 0 Å². The van der Waals surface area contributed by atoms with E-state index in [0.717, 1.165) is 0 Å². The van der Waals surface area contributed by atoms with Crippen molar-refractivity contribution in [3.8, 4) is 0 Å². The maximum absolute atomic E-state index is 13.5. The molecule has 0 bridgehead atoms. The number of aryl methyl sites for hydroxylation is 1. The Labute approximate surface area is 200 Å². The standard InChI is InChI=1S/C24H33N5O4S/c1-24(2,31)17-9-14-29(15-10-17)23(30)20(11-16-28-13-4-7-22(28)25)27-34(32,33)21-6-3-5-19-18(21)8-12-26-19/h3-8,12-13,17,20,26-27,31H,9-11,14-16,25H2,1-2H3. The monoisotopic (exact) mass is 487 g/mol. The summed E-state index contributed by atoms with van der Waals surface area (Å²) in [7, 11) is -3.97. The number of carbonyl (C=O) groups is 1. The van der Waals surface area contributed by atoms with Crippen LogP contribution in [0.25, 0.3) is 10.9 Å². The Morgan fingerprint density at radius 3 is 2.62 bits per heavy atom. The van der Waals surface area contributed by atoms with Gasteiger partial charge in [0.25, 0.3) is 0 Å². The molecule has 0 radical (unpaired) electrons. The van der Waals surface area contributed by atoms with Crippen LogP contribution < -0.4 is 10.5 Å². The van der Waals surface area contributed by atoms with Crippen LogP contribution in [0.3, 0.4) is 0 Å². The smallest absolute Gasteiger partial charge is 0.241 e. The van der Waals surface area contributed by atoms with E-state index in [0.29, 0.717) is 49.2 Å². The number of piperidine rings is 1. The van der Waals surface area contributed by atoms with Crippen LogP contribution in [-0.2, 0) is 21.4 Å². The molecule has 4 rings (SSSR count). The first-order valence-corrected chi connectivity index (χ1v) is 13.0. The number of aromatic amines is 1. The van der Waals surface area contributed by atoms with Crippen LogP contribution in [-0.4, -0.2) is 58.6 Å². The number of H-pyrrole nitrogens is 1. The van der Waals surface area contributed by atoms with E-state index < -0.39 is 21.7 Å². The zero-order valence-corrected chi connectivity index (χ0v) is 20.4. The van der Waals surface area contributed by atoms with Gasteiger partial charge in [0, 0.05) is 42.9 Å². The Hall–Kier alpha value is -2.82. The minimum atomic E-state index is -3.97. The number of carbonyl (C=O) groups excluding carboxylic acids is 1. The van der Waals surface area contributed by atoms with Crippen molar-refractivity contribution in [2.45, 2.75) is 56.2 Å². The van der Waals surface area contributed by atoms with Gasteiger partial charge in [-0.05, 0) is 69.4 Å². The van der Waals surface area contributed by atoms with E-state index in [9.17, 15) is 18.3 Å². The van der Waals surface area contributed by atoms with Crippen molar-refractivity contribution >= 4 is 32.7 Å². The van der Waals surface area contributed by atoms with E-state index in [1.165, 1.54) is 0 Å². The molecular weight excluding hydrogens is 454 g/mol. The minimum Gasteiger partial charge on any atom is -0.390 e. The number of nitrogens with one attached hydrogen (secondary N) is 2. The second-order valence-corrected chi connectivity index (χ2v) is 11.2. The maximum atomic E-state index is 13.5. The van der Waals surface area contributed by atoms with Gasteiger partial charge in [-0.3, -0.25) is 4.79 Å². The molecule has 184 valence electrons. The lowest BCUT2D eigenvalue weighted by Crippen LogP contribution is -2.52. The number of anilines is 1. The fourth-order valence-corrected chi connectivity index (χ4v) is 6.15. The minimum absolute atomic E-state index is 0.0950. The molecule has 2 aromatic heterocycles. The number of amides is 1. The summed E-state index contributed by atoms with van der Waals surface area (Å²) >= 11 is 0. The van der Waals surface area contributed by atoms with Crippen molar-refractivity contribution in [1.29, 1.82) is 0 Å². The Bertz CT molecular complexity index is 1250. The third kappa shape index (κ3) is 5.13. The zero-order chi connectivity index (χ0) is 24.5. The third-order valence-electron chi connectivity index (χ3n) is 6.77. The molecule has 1 aliphatic heterocycles. The topological polar surface area (TPSA) is 133 Å². The van der Waals surface area contributed by atoms with Crippen molar-refractivity contribution in [2.75, 3.05) is 18.8 Å². The summed E-state index contributed by atoms with van der Waals surface area (Å²) in [5.41, 5.74) is 5.87. The molecule has 1 atom stereocenters. The summed E-state index contributed by atoms with van der Waals surface area (Å²) in [6.45, 7) is 4.92. The fourth-order valence-electron chi connectivity index (χ4n) is 4.70.